The molecule has 0 saturated carbocycles. The summed E-state index contributed by atoms with van der Waals surface area (Å²) >= 11 is 1.08. The Morgan fingerprint density at radius 2 is 1.90 bits per heavy atom. The highest BCUT2D eigenvalue weighted by Gasteiger charge is 2.77. The predicted octanol–water partition coefficient (Wildman–Crippen LogP) is 2.49. The van der Waals surface area contributed by atoms with E-state index >= 15 is 0 Å². The van der Waals surface area contributed by atoms with Gasteiger partial charge in [-0.15, -0.1) is 0 Å². The van der Waals surface area contributed by atoms with E-state index in [0.29, 0.717) is 11.7 Å². The molecule has 0 bridgehead atoms. The summed E-state index contributed by atoms with van der Waals surface area (Å²) in [5.74, 6) is -0.457. The number of aryl methyl sites for hydroxylation is 1. The Kier molecular flexibility index (Phi) is 3.45. The molecule has 4 heterocycles. The molecule has 0 radical (unpaired) electrons. The number of benzene rings is 2. The maximum Gasteiger partial charge on any atom is 0.252 e. The maximum atomic E-state index is 13.9. The van der Waals surface area contributed by atoms with E-state index in [2.05, 4.69) is 27.5 Å². The Hall–Kier alpha value is -2.97. The van der Waals surface area contributed by atoms with Gasteiger partial charge in [0.1, 0.15) is 6.33 Å². The summed E-state index contributed by atoms with van der Waals surface area (Å²) in [6, 6.07) is 15.8. The molecule has 3 atom stereocenters. The van der Waals surface area contributed by atoms with Crippen molar-refractivity contribution in [1.29, 1.82) is 0 Å². The van der Waals surface area contributed by atoms with Gasteiger partial charge in [0.25, 0.3) is 5.91 Å². The van der Waals surface area contributed by atoms with Crippen LogP contribution in [0.1, 0.15) is 22.6 Å². The van der Waals surface area contributed by atoms with E-state index < -0.39 is 11.1 Å². The lowest BCUT2D eigenvalue weighted by Crippen LogP contribution is -2.62. The molecule has 1 saturated heterocycles. The minimum atomic E-state index is -1.23. The molecule has 0 aliphatic carbocycles. The molecule has 6 rings (SSSR count). The molecule has 2 spiro atoms. The van der Waals surface area contributed by atoms with E-state index in [-0.39, 0.29) is 16.9 Å². The van der Waals surface area contributed by atoms with Crippen LogP contribution in [0, 0.1) is 6.92 Å². The van der Waals surface area contributed by atoms with E-state index in [0.717, 1.165) is 34.1 Å². The first kappa shape index (κ1) is 17.9. The second-order valence-corrected chi connectivity index (χ2v) is 9.10. The average molecular weight is 417 g/mol. The van der Waals surface area contributed by atoms with Gasteiger partial charge in [-0.1, -0.05) is 48.0 Å². The Balaban J connectivity index is 1.72. The predicted molar refractivity (Wildman–Crippen MR) is 112 cm³/mol. The van der Waals surface area contributed by atoms with Crippen molar-refractivity contribution in [3.63, 3.8) is 0 Å². The monoisotopic (exact) mass is 417 g/mol. The van der Waals surface area contributed by atoms with Crippen LogP contribution in [-0.2, 0) is 20.7 Å². The average Bonchev–Trinajstić information content (AvgIpc) is 3.44. The highest BCUT2D eigenvalue weighted by Crippen LogP contribution is 2.64. The normalized spacial score (nSPS) is 29.6. The number of anilines is 1. The van der Waals surface area contributed by atoms with Crippen LogP contribution in [0.3, 0.4) is 0 Å². The van der Waals surface area contributed by atoms with E-state index in [1.165, 1.54) is 6.33 Å². The van der Waals surface area contributed by atoms with Crippen LogP contribution in [0.25, 0.3) is 0 Å². The SMILES string of the molecule is Cc1ccc([C@@H]2CN(C)[C@@]3(C(=O)Nc4ccccc43)[C@@]23C(=O)Sc2ncnn23)cc1. The summed E-state index contributed by atoms with van der Waals surface area (Å²) in [5, 5.41) is 7.96. The van der Waals surface area contributed by atoms with Crippen molar-refractivity contribution in [2.24, 2.45) is 0 Å². The summed E-state index contributed by atoms with van der Waals surface area (Å²) in [7, 11) is 1.92. The van der Waals surface area contributed by atoms with Crippen molar-refractivity contribution in [2.45, 2.75) is 29.1 Å². The first-order valence-corrected chi connectivity index (χ1v) is 10.6. The third-order valence-electron chi connectivity index (χ3n) is 6.80. The number of carbonyl (C=O) groups excluding carboxylic acids is 2. The quantitative estimate of drug-likeness (QED) is 0.655. The van der Waals surface area contributed by atoms with Gasteiger partial charge in [-0.2, -0.15) is 5.10 Å². The molecule has 0 unspecified atom stereocenters. The molecule has 7 nitrogen and oxygen atoms in total. The zero-order valence-corrected chi connectivity index (χ0v) is 17.3. The number of likely N-dealkylation sites (tertiary alicyclic amines) is 1. The number of thioether (sulfide) groups is 1. The molecule has 30 heavy (non-hydrogen) atoms. The summed E-state index contributed by atoms with van der Waals surface area (Å²) < 4.78 is 1.70. The molecule has 3 aliphatic rings. The van der Waals surface area contributed by atoms with Crippen LogP contribution in [0.2, 0.25) is 0 Å². The zero-order valence-electron chi connectivity index (χ0n) is 16.5. The van der Waals surface area contributed by atoms with Crippen molar-refractivity contribution in [2.75, 3.05) is 18.9 Å². The number of aromatic nitrogens is 3. The molecular formula is C22H19N5O2S. The smallest absolute Gasteiger partial charge is 0.252 e. The van der Waals surface area contributed by atoms with Crippen molar-refractivity contribution in [1.82, 2.24) is 19.7 Å². The van der Waals surface area contributed by atoms with Crippen molar-refractivity contribution >= 4 is 28.5 Å². The van der Waals surface area contributed by atoms with Gasteiger partial charge < -0.3 is 5.32 Å². The fourth-order valence-corrected chi connectivity index (χ4v) is 6.69. The van der Waals surface area contributed by atoms with Crippen LogP contribution >= 0.6 is 11.8 Å². The third-order valence-corrected chi connectivity index (χ3v) is 7.76. The molecule has 1 N–H and O–H groups in total. The molecule has 3 aliphatic heterocycles. The third kappa shape index (κ3) is 1.82. The fourth-order valence-electron chi connectivity index (χ4n) is 5.61. The lowest BCUT2D eigenvalue weighted by molar-refractivity contribution is -0.138. The van der Waals surface area contributed by atoms with Gasteiger partial charge in [-0.3, -0.25) is 14.5 Å². The summed E-state index contributed by atoms with van der Waals surface area (Å²) in [6.07, 6.45) is 1.47. The van der Waals surface area contributed by atoms with Gasteiger partial charge >= 0.3 is 0 Å². The molecule has 1 aromatic heterocycles. The van der Waals surface area contributed by atoms with Crippen LogP contribution in [0.4, 0.5) is 5.69 Å². The first-order chi connectivity index (χ1) is 14.5. The topological polar surface area (TPSA) is 80.1 Å². The van der Waals surface area contributed by atoms with Crippen molar-refractivity contribution in [3.05, 3.63) is 71.5 Å². The number of nitrogens with one attached hydrogen (secondary N) is 1. The fraction of sp³-hybridized carbons (Fsp3) is 0.273. The van der Waals surface area contributed by atoms with Gasteiger partial charge in [0.2, 0.25) is 5.12 Å². The van der Waals surface area contributed by atoms with Gasteiger partial charge in [-0.05, 0) is 37.4 Å². The molecule has 8 heteroatoms. The number of carbonyl (C=O) groups is 2. The van der Waals surface area contributed by atoms with E-state index in [1.54, 1.807) is 4.68 Å². The van der Waals surface area contributed by atoms with Crippen molar-refractivity contribution < 1.29 is 9.59 Å². The van der Waals surface area contributed by atoms with Crippen LogP contribution < -0.4 is 5.32 Å². The van der Waals surface area contributed by atoms with Gasteiger partial charge in [0, 0.05) is 23.7 Å². The number of amides is 1. The van der Waals surface area contributed by atoms with E-state index in [1.807, 2.05) is 55.3 Å². The molecule has 2 aromatic carbocycles. The van der Waals surface area contributed by atoms with Crippen LogP contribution in [0.15, 0.2) is 60.0 Å². The second kappa shape index (κ2) is 5.80. The molecule has 3 aromatic rings. The van der Waals surface area contributed by atoms with Crippen molar-refractivity contribution in [3.8, 4) is 0 Å². The second-order valence-electron chi connectivity index (χ2n) is 8.16. The first-order valence-electron chi connectivity index (χ1n) is 9.83. The molecule has 1 amide bonds. The number of rotatable bonds is 1. The van der Waals surface area contributed by atoms with Crippen LogP contribution in [-0.4, -0.2) is 44.3 Å². The summed E-state index contributed by atoms with van der Waals surface area (Å²) in [4.78, 5) is 34.0. The standard InChI is InChI=1S/C22H19N5O2S/c1-13-7-9-14(10-8-13)16-11-26(2)21(15-5-3-4-6-17(15)25-18(21)28)22(16)19(29)30-20-23-12-24-27(20)22/h3-10,12,16H,11H2,1-2H3,(H,25,28)/t16-,21-,22-/m0/s1. The minimum absolute atomic E-state index is 0.0973. The lowest BCUT2D eigenvalue weighted by atomic mass is 9.68. The summed E-state index contributed by atoms with van der Waals surface area (Å²) in [5.41, 5.74) is 1.27. The number of hydrogen-bond acceptors (Lipinski definition) is 6. The largest absolute Gasteiger partial charge is 0.324 e. The maximum absolute atomic E-state index is 13.9. The molecular weight excluding hydrogens is 398 g/mol. The Labute approximate surface area is 177 Å². The van der Waals surface area contributed by atoms with Gasteiger partial charge in [-0.25, -0.2) is 9.67 Å². The number of para-hydroxylation sites is 1. The molecule has 150 valence electrons. The van der Waals surface area contributed by atoms with Crippen LogP contribution in [0.5, 0.6) is 0 Å². The lowest BCUT2D eigenvalue weighted by Gasteiger charge is -2.42. The number of fused-ring (bicyclic) bond motifs is 5. The highest BCUT2D eigenvalue weighted by atomic mass is 32.2. The Bertz CT molecular complexity index is 1220. The summed E-state index contributed by atoms with van der Waals surface area (Å²) in [6.45, 7) is 2.57. The number of likely N-dealkylation sites (N-methyl/N-ethyl adjacent to an activating group) is 1. The van der Waals surface area contributed by atoms with Gasteiger partial charge in [0.05, 0.1) is 0 Å². The number of hydrogen-bond donors (Lipinski definition) is 1. The van der Waals surface area contributed by atoms with E-state index in [9.17, 15) is 9.59 Å². The number of nitrogens with zero attached hydrogens (tertiary/aromatic N) is 4. The zero-order chi connectivity index (χ0) is 20.7. The highest BCUT2D eigenvalue weighted by molar-refractivity contribution is 8.14. The van der Waals surface area contributed by atoms with Gasteiger partial charge in [0.15, 0.2) is 16.2 Å². The Morgan fingerprint density at radius 3 is 2.70 bits per heavy atom. The molecule has 1 fully saturated rings. The Morgan fingerprint density at radius 1 is 1.13 bits per heavy atom. The van der Waals surface area contributed by atoms with E-state index in [4.69, 9.17) is 0 Å². The minimum Gasteiger partial charge on any atom is -0.324 e.